The van der Waals surface area contributed by atoms with Crippen LogP contribution in [0, 0.1) is 22.7 Å². The second-order valence-electron chi connectivity index (χ2n) is 4.56. The summed E-state index contributed by atoms with van der Waals surface area (Å²) in [7, 11) is 0. The number of pyridine rings is 1. The molecule has 0 amide bonds. The Balaban J connectivity index is 2.69. The number of hydrogen-bond donors (Lipinski definition) is 2. The van der Waals surface area contributed by atoms with Gasteiger partial charge in [-0.3, -0.25) is 0 Å². The molecule has 0 saturated heterocycles. The van der Waals surface area contributed by atoms with Crippen LogP contribution in [0.25, 0.3) is 10.2 Å². The molecule has 0 aromatic carbocycles. The van der Waals surface area contributed by atoms with E-state index in [0.29, 0.717) is 21.0 Å². The highest BCUT2D eigenvalue weighted by molar-refractivity contribution is 7.19. The van der Waals surface area contributed by atoms with Crippen LogP contribution in [0.1, 0.15) is 42.2 Å². The first-order chi connectivity index (χ1) is 9.63. The Morgan fingerprint density at radius 2 is 1.95 bits per heavy atom. The van der Waals surface area contributed by atoms with Crippen LogP contribution >= 0.6 is 11.3 Å². The van der Waals surface area contributed by atoms with Crippen LogP contribution in [0.4, 0.5) is 11.5 Å². The van der Waals surface area contributed by atoms with Gasteiger partial charge in [-0.1, -0.05) is 19.8 Å². The van der Waals surface area contributed by atoms with Gasteiger partial charge in [0.2, 0.25) is 0 Å². The van der Waals surface area contributed by atoms with E-state index in [4.69, 9.17) is 16.7 Å². The lowest BCUT2D eigenvalue weighted by Gasteiger charge is -2.08. The summed E-state index contributed by atoms with van der Waals surface area (Å²) >= 11 is 1.22. The number of nitrogens with zero attached hydrogens (tertiary/aromatic N) is 3. The van der Waals surface area contributed by atoms with E-state index < -0.39 is 0 Å². The highest BCUT2D eigenvalue weighted by atomic mass is 32.1. The van der Waals surface area contributed by atoms with Gasteiger partial charge >= 0.3 is 0 Å². The Morgan fingerprint density at radius 3 is 2.55 bits per heavy atom. The number of aromatic nitrogens is 1. The van der Waals surface area contributed by atoms with Crippen molar-refractivity contribution in [1.82, 2.24) is 4.98 Å². The lowest BCUT2D eigenvalue weighted by molar-refractivity contribution is 0.719. The van der Waals surface area contributed by atoms with Crippen LogP contribution in [0.2, 0.25) is 0 Å². The fourth-order valence-electron chi connectivity index (χ4n) is 2.26. The molecular weight excluding hydrogens is 270 g/mol. The topological polar surface area (TPSA) is 113 Å². The van der Waals surface area contributed by atoms with Gasteiger partial charge in [-0.05, 0) is 18.4 Å². The molecule has 0 aliphatic rings. The molecule has 0 atom stereocenters. The quantitative estimate of drug-likeness (QED) is 0.838. The number of nitriles is 2. The summed E-state index contributed by atoms with van der Waals surface area (Å²) in [4.78, 5) is 5.28. The molecule has 0 aliphatic carbocycles. The summed E-state index contributed by atoms with van der Waals surface area (Å²) in [6.45, 7) is 2.12. The van der Waals surface area contributed by atoms with E-state index in [1.807, 2.05) is 0 Å². The van der Waals surface area contributed by atoms with Crippen molar-refractivity contribution < 1.29 is 0 Å². The number of nitrogens with two attached hydrogens (primary N) is 2. The Labute approximate surface area is 121 Å². The lowest BCUT2D eigenvalue weighted by atomic mass is 9.99. The number of nitrogen functional groups attached to an aromatic ring is 2. The van der Waals surface area contributed by atoms with E-state index in [-0.39, 0.29) is 5.82 Å². The maximum atomic E-state index is 9.30. The zero-order valence-corrected chi connectivity index (χ0v) is 12.0. The molecule has 0 unspecified atom stereocenters. The highest BCUT2D eigenvalue weighted by Gasteiger charge is 2.19. The Bertz CT molecular complexity index is 733. The monoisotopic (exact) mass is 285 g/mol. The Morgan fingerprint density at radius 1 is 1.20 bits per heavy atom. The number of aryl methyl sites for hydroxylation is 1. The van der Waals surface area contributed by atoms with E-state index >= 15 is 0 Å². The molecule has 0 bridgehead atoms. The molecule has 0 spiro atoms. The molecular formula is C14H15N5S. The van der Waals surface area contributed by atoms with E-state index in [0.717, 1.165) is 36.6 Å². The van der Waals surface area contributed by atoms with Gasteiger partial charge < -0.3 is 11.5 Å². The van der Waals surface area contributed by atoms with Crippen LogP contribution in [0.15, 0.2) is 0 Å². The largest absolute Gasteiger partial charge is 0.396 e. The molecule has 2 aromatic heterocycles. The van der Waals surface area contributed by atoms with Gasteiger partial charge in [0, 0.05) is 5.39 Å². The van der Waals surface area contributed by atoms with Crippen LogP contribution < -0.4 is 11.5 Å². The molecule has 4 N–H and O–H groups in total. The standard InChI is InChI=1S/C14H15N5S/c1-2-3-4-5-8-9(6-15)13(18)19-14-11(8)12(17)10(7-16)20-14/h2-5,17H2,1H3,(H2,18,19). The molecule has 6 heteroatoms. The third-order valence-electron chi connectivity index (χ3n) is 3.25. The molecule has 2 rings (SSSR count). The summed E-state index contributed by atoms with van der Waals surface area (Å²) in [6, 6.07) is 4.18. The average Bonchev–Trinajstić information content (AvgIpc) is 2.75. The summed E-state index contributed by atoms with van der Waals surface area (Å²) in [6.07, 6.45) is 3.85. The van der Waals surface area contributed by atoms with Crippen LogP contribution in [0.3, 0.4) is 0 Å². The SMILES string of the molecule is CCCCCc1c(C#N)c(N)nc2sc(C#N)c(N)c12. The first-order valence-electron chi connectivity index (χ1n) is 6.44. The van der Waals surface area contributed by atoms with Crippen molar-refractivity contribution in [1.29, 1.82) is 10.5 Å². The van der Waals surface area contributed by atoms with Crippen molar-refractivity contribution in [3.8, 4) is 12.1 Å². The van der Waals surface area contributed by atoms with E-state index in [1.165, 1.54) is 11.3 Å². The molecule has 2 aromatic rings. The van der Waals surface area contributed by atoms with Gasteiger partial charge in [0.25, 0.3) is 0 Å². The average molecular weight is 285 g/mol. The zero-order valence-electron chi connectivity index (χ0n) is 11.2. The second-order valence-corrected chi connectivity index (χ2v) is 5.56. The molecule has 0 radical (unpaired) electrons. The predicted octanol–water partition coefficient (Wildman–Crippen LogP) is 2.94. The number of fused-ring (bicyclic) bond motifs is 1. The predicted molar refractivity (Wildman–Crippen MR) is 81.1 cm³/mol. The summed E-state index contributed by atoms with van der Waals surface area (Å²) in [5, 5.41) is 19.1. The summed E-state index contributed by atoms with van der Waals surface area (Å²) < 4.78 is 0. The minimum absolute atomic E-state index is 0.220. The fraction of sp³-hybridized carbons (Fsp3) is 0.357. The summed E-state index contributed by atoms with van der Waals surface area (Å²) in [5.41, 5.74) is 13.5. The van der Waals surface area contributed by atoms with Crippen LogP contribution in [-0.4, -0.2) is 4.98 Å². The van der Waals surface area contributed by atoms with Gasteiger partial charge in [-0.2, -0.15) is 10.5 Å². The van der Waals surface area contributed by atoms with Crippen LogP contribution in [-0.2, 0) is 6.42 Å². The van der Waals surface area contributed by atoms with Crippen molar-refractivity contribution in [2.45, 2.75) is 32.6 Å². The third-order valence-corrected chi connectivity index (χ3v) is 4.26. The maximum absolute atomic E-state index is 9.30. The summed E-state index contributed by atoms with van der Waals surface area (Å²) in [5.74, 6) is 0.220. The molecule has 20 heavy (non-hydrogen) atoms. The zero-order chi connectivity index (χ0) is 14.7. The second kappa shape index (κ2) is 5.77. The number of unbranched alkanes of at least 4 members (excludes halogenated alkanes) is 2. The van der Waals surface area contributed by atoms with E-state index in [2.05, 4.69) is 24.0 Å². The first kappa shape index (κ1) is 14.1. The molecule has 0 aliphatic heterocycles. The minimum Gasteiger partial charge on any atom is -0.396 e. The van der Waals surface area contributed by atoms with Crippen molar-refractivity contribution in [2.75, 3.05) is 11.5 Å². The first-order valence-corrected chi connectivity index (χ1v) is 7.26. The number of hydrogen-bond acceptors (Lipinski definition) is 6. The van der Waals surface area contributed by atoms with Gasteiger partial charge in [-0.15, -0.1) is 11.3 Å². The lowest BCUT2D eigenvalue weighted by Crippen LogP contribution is -2.02. The van der Waals surface area contributed by atoms with E-state index in [9.17, 15) is 5.26 Å². The fourth-order valence-corrected chi connectivity index (χ4v) is 3.19. The van der Waals surface area contributed by atoms with Gasteiger partial charge in [0.05, 0.1) is 11.3 Å². The van der Waals surface area contributed by atoms with Gasteiger partial charge in [0.15, 0.2) is 0 Å². The van der Waals surface area contributed by atoms with Crippen LogP contribution in [0.5, 0.6) is 0 Å². The van der Waals surface area contributed by atoms with E-state index in [1.54, 1.807) is 0 Å². The normalized spacial score (nSPS) is 10.3. The molecule has 0 fully saturated rings. The molecule has 5 nitrogen and oxygen atoms in total. The Kier molecular flexibility index (Phi) is 4.07. The molecule has 102 valence electrons. The van der Waals surface area contributed by atoms with Crippen molar-refractivity contribution in [3.05, 3.63) is 16.0 Å². The van der Waals surface area contributed by atoms with Crippen molar-refractivity contribution in [3.63, 3.8) is 0 Å². The number of rotatable bonds is 4. The van der Waals surface area contributed by atoms with Crippen molar-refractivity contribution >= 4 is 33.1 Å². The molecule has 2 heterocycles. The minimum atomic E-state index is 0.220. The van der Waals surface area contributed by atoms with Gasteiger partial charge in [-0.25, -0.2) is 4.98 Å². The number of anilines is 2. The maximum Gasteiger partial charge on any atom is 0.143 e. The smallest absolute Gasteiger partial charge is 0.143 e. The highest BCUT2D eigenvalue weighted by Crippen LogP contribution is 2.37. The third kappa shape index (κ3) is 2.26. The van der Waals surface area contributed by atoms with Crippen molar-refractivity contribution in [2.24, 2.45) is 0 Å². The number of thiophene rings is 1. The van der Waals surface area contributed by atoms with Gasteiger partial charge in [0.1, 0.15) is 27.7 Å². The molecule has 0 saturated carbocycles. The Hall–Kier alpha value is -2.31.